The molecule has 0 heterocycles. The molecule has 0 unspecified atom stereocenters. The first-order chi connectivity index (χ1) is 16.1. The molecule has 0 amide bonds. The van der Waals surface area contributed by atoms with Gasteiger partial charge in [0.2, 0.25) is 0 Å². The van der Waals surface area contributed by atoms with E-state index >= 15 is 0 Å². The Kier molecular flexibility index (Phi) is 6.96. The minimum atomic E-state index is -4.83. The first-order valence-electron chi connectivity index (χ1n) is 9.60. The van der Waals surface area contributed by atoms with Gasteiger partial charge in [0.15, 0.2) is 5.78 Å². The summed E-state index contributed by atoms with van der Waals surface area (Å²) < 4.78 is 33.4. The Balaban J connectivity index is 2.59. The van der Waals surface area contributed by atoms with Crippen LogP contribution in [0.3, 0.4) is 0 Å². The van der Waals surface area contributed by atoms with E-state index < -0.39 is 54.6 Å². The van der Waals surface area contributed by atoms with Crippen molar-refractivity contribution >= 4 is 56.6 Å². The lowest BCUT2D eigenvalue weighted by atomic mass is 9.85. The Hall–Kier alpha value is -3.44. The van der Waals surface area contributed by atoms with Crippen molar-refractivity contribution in [1.82, 2.24) is 0 Å². The fourth-order valence-electron chi connectivity index (χ4n) is 3.58. The molecule has 0 aliphatic heterocycles. The molecule has 182 valence electrons. The number of benzene rings is 2. The Morgan fingerprint density at radius 1 is 0.971 bits per heavy atom. The molecule has 2 aromatic carbocycles. The van der Waals surface area contributed by atoms with Crippen LogP contribution in [0, 0.1) is 6.92 Å². The molecule has 1 aliphatic carbocycles. The average Bonchev–Trinajstić information content (AvgIpc) is 2.73. The second-order valence-electron chi connectivity index (χ2n) is 7.55. The van der Waals surface area contributed by atoms with E-state index in [1.807, 2.05) is 0 Å². The van der Waals surface area contributed by atoms with E-state index in [-0.39, 0.29) is 38.4 Å². The number of aliphatic carboxylic acids is 1. The molecule has 0 aromatic heterocycles. The predicted octanol–water partition coefficient (Wildman–Crippen LogP) is 4.29. The number of halogens is 2. The fourth-order valence-corrected chi connectivity index (χ4v) is 5.00. The molecule has 1 aliphatic rings. The summed E-state index contributed by atoms with van der Waals surface area (Å²) in [7, 11) is -4.83. The van der Waals surface area contributed by atoms with Crippen LogP contribution in [0.25, 0.3) is 5.57 Å². The van der Waals surface area contributed by atoms with Gasteiger partial charge in [-0.3, -0.25) is 9.35 Å². The standard InChI is InChI=1S/C23H16Cl2O9S/c1-9-5-11(7-13(20(9)26)22(28)29)17(12-6-10(2)21(27)14(8-12)23(30)31)18-15(24)3-4-16(19(18)25)35(32,33)34/h3-8,26H,1-2H3,(H,28,29)(H,30,31)(H,32,33,34)/b17-12+. The molecule has 3 rings (SSSR count). The van der Waals surface area contributed by atoms with Crippen LogP contribution in [0.2, 0.25) is 10.0 Å². The largest absolute Gasteiger partial charge is 0.507 e. The van der Waals surface area contributed by atoms with E-state index in [0.717, 1.165) is 24.3 Å². The minimum absolute atomic E-state index is 0.0181. The van der Waals surface area contributed by atoms with Crippen LogP contribution >= 0.6 is 23.2 Å². The molecule has 0 fully saturated rings. The fraction of sp³-hybridized carbons (Fsp3) is 0.0870. The molecule has 35 heavy (non-hydrogen) atoms. The highest BCUT2D eigenvalue weighted by atomic mass is 35.5. The Labute approximate surface area is 209 Å². The topological polar surface area (TPSA) is 166 Å². The molecule has 0 atom stereocenters. The summed E-state index contributed by atoms with van der Waals surface area (Å²) >= 11 is 12.7. The first-order valence-corrected chi connectivity index (χ1v) is 11.8. The number of rotatable bonds is 5. The Morgan fingerprint density at radius 2 is 1.60 bits per heavy atom. The van der Waals surface area contributed by atoms with Gasteiger partial charge in [0.25, 0.3) is 10.1 Å². The van der Waals surface area contributed by atoms with E-state index in [4.69, 9.17) is 23.2 Å². The zero-order valence-corrected chi connectivity index (χ0v) is 20.3. The van der Waals surface area contributed by atoms with Crippen molar-refractivity contribution in [2.75, 3.05) is 0 Å². The van der Waals surface area contributed by atoms with Crippen LogP contribution in [0.15, 0.2) is 58.0 Å². The lowest BCUT2D eigenvalue weighted by Crippen LogP contribution is -2.17. The van der Waals surface area contributed by atoms with Crippen molar-refractivity contribution in [3.63, 3.8) is 0 Å². The number of carbonyl (C=O) groups excluding carboxylic acids is 1. The summed E-state index contributed by atoms with van der Waals surface area (Å²) in [5, 5.41) is 28.6. The number of hydrogen-bond acceptors (Lipinski definition) is 6. The SMILES string of the molecule is CC1=C/C(=C(/c2cc(C)c(O)c(C(=O)O)c2)c2c(Cl)ccc(S(=O)(=O)O)c2Cl)C=C(C(=O)O)C1=O. The van der Waals surface area contributed by atoms with Crippen LogP contribution in [0.5, 0.6) is 5.75 Å². The van der Waals surface area contributed by atoms with Crippen molar-refractivity contribution in [3.8, 4) is 5.75 Å². The second kappa shape index (κ2) is 9.31. The molecule has 0 radical (unpaired) electrons. The number of aromatic hydroxyl groups is 1. The van der Waals surface area contributed by atoms with Gasteiger partial charge >= 0.3 is 11.9 Å². The summed E-state index contributed by atoms with van der Waals surface area (Å²) in [5.74, 6) is -4.30. The van der Waals surface area contributed by atoms with Crippen LogP contribution < -0.4 is 0 Å². The molecule has 0 bridgehead atoms. The number of carbonyl (C=O) groups is 3. The van der Waals surface area contributed by atoms with Crippen molar-refractivity contribution < 1.29 is 42.7 Å². The van der Waals surface area contributed by atoms with E-state index in [9.17, 15) is 42.7 Å². The van der Waals surface area contributed by atoms with Gasteiger partial charge in [-0.1, -0.05) is 23.2 Å². The monoisotopic (exact) mass is 538 g/mol. The van der Waals surface area contributed by atoms with E-state index in [2.05, 4.69) is 0 Å². The van der Waals surface area contributed by atoms with E-state index in [1.54, 1.807) is 0 Å². The van der Waals surface area contributed by atoms with Gasteiger partial charge < -0.3 is 15.3 Å². The van der Waals surface area contributed by atoms with Crippen molar-refractivity contribution in [1.29, 1.82) is 0 Å². The summed E-state index contributed by atoms with van der Waals surface area (Å²) in [5.41, 5.74) is -1.10. The number of allylic oxidation sites excluding steroid dienone is 4. The molecule has 2 aromatic rings. The molecular weight excluding hydrogens is 523 g/mol. The maximum absolute atomic E-state index is 12.4. The summed E-state index contributed by atoms with van der Waals surface area (Å²) in [6.07, 6.45) is 2.32. The van der Waals surface area contributed by atoms with Crippen molar-refractivity contribution in [2.45, 2.75) is 18.7 Å². The normalized spacial score (nSPS) is 15.4. The molecular formula is C23H16Cl2O9S. The number of hydrogen-bond donors (Lipinski definition) is 4. The Bertz CT molecular complexity index is 1530. The highest BCUT2D eigenvalue weighted by molar-refractivity contribution is 7.86. The number of ketones is 1. The lowest BCUT2D eigenvalue weighted by molar-refractivity contribution is -0.134. The molecule has 0 saturated carbocycles. The summed E-state index contributed by atoms with van der Waals surface area (Å²) in [6.45, 7) is 2.77. The van der Waals surface area contributed by atoms with Crippen molar-refractivity contribution in [3.05, 3.63) is 85.4 Å². The maximum atomic E-state index is 12.4. The number of carboxylic acids is 2. The van der Waals surface area contributed by atoms with E-state index in [1.165, 1.54) is 26.0 Å². The second-order valence-corrected chi connectivity index (χ2v) is 9.73. The van der Waals surface area contributed by atoms with Gasteiger partial charge in [-0.25, -0.2) is 9.59 Å². The molecule has 0 spiro atoms. The quantitative estimate of drug-likeness (QED) is 0.320. The lowest BCUT2D eigenvalue weighted by Gasteiger charge is -2.20. The highest BCUT2D eigenvalue weighted by Gasteiger charge is 2.29. The average molecular weight is 539 g/mol. The number of aryl methyl sites for hydroxylation is 1. The number of carboxylic acid groups (broad SMARTS) is 2. The minimum Gasteiger partial charge on any atom is -0.507 e. The highest BCUT2D eigenvalue weighted by Crippen LogP contribution is 2.43. The predicted molar refractivity (Wildman–Crippen MR) is 127 cm³/mol. The van der Waals surface area contributed by atoms with Crippen LogP contribution in [0.1, 0.15) is 34.0 Å². The van der Waals surface area contributed by atoms with Gasteiger partial charge in [-0.2, -0.15) is 8.42 Å². The third kappa shape index (κ3) is 4.87. The third-order valence-corrected chi connectivity index (χ3v) is 6.91. The van der Waals surface area contributed by atoms with Gasteiger partial charge in [0.05, 0.1) is 10.0 Å². The number of aromatic carboxylic acids is 1. The molecule has 9 nitrogen and oxygen atoms in total. The molecule has 12 heteroatoms. The molecule has 0 saturated heterocycles. The number of phenols is 1. The van der Waals surface area contributed by atoms with Crippen LogP contribution in [-0.2, 0) is 19.7 Å². The van der Waals surface area contributed by atoms with Gasteiger partial charge in [0.1, 0.15) is 21.8 Å². The van der Waals surface area contributed by atoms with Gasteiger partial charge in [-0.05, 0) is 78.1 Å². The Morgan fingerprint density at radius 3 is 2.14 bits per heavy atom. The van der Waals surface area contributed by atoms with Crippen LogP contribution in [0.4, 0.5) is 0 Å². The zero-order chi connectivity index (χ0) is 26.4. The van der Waals surface area contributed by atoms with Gasteiger partial charge in [0, 0.05) is 5.56 Å². The zero-order valence-electron chi connectivity index (χ0n) is 18.0. The summed E-state index contributed by atoms with van der Waals surface area (Å²) in [4.78, 5) is 35.1. The van der Waals surface area contributed by atoms with Crippen molar-refractivity contribution in [2.24, 2.45) is 0 Å². The molecule has 4 N–H and O–H groups in total. The third-order valence-electron chi connectivity index (χ3n) is 5.20. The first kappa shape index (κ1) is 26.2. The summed E-state index contributed by atoms with van der Waals surface area (Å²) in [6, 6.07) is 4.50. The smallest absolute Gasteiger partial charge is 0.339 e. The maximum Gasteiger partial charge on any atom is 0.339 e. The van der Waals surface area contributed by atoms with E-state index in [0.29, 0.717) is 0 Å². The number of Topliss-reactive ketones (excluding diaryl/α,β-unsaturated/α-hetero) is 1. The van der Waals surface area contributed by atoms with Crippen LogP contribution in [-0.4, -0.2) is 46.0 Å². The van der Waals surface area contributed by atoms with Gasteiger partial charge in [-0.15, -0.1) is 0 Å².